The molecule has 0 aliphatic carbocycles. The van der Waals surface area contributed by atoms with E-state index in [-0.39, 0.29) is 29.7 Å². The molecule has 0 bridgehead atoms. The van der Waals surface area contributed by atoms with Crippen LogP contribution >= 0.6 is 0 Å². The first-order chi connectivity index (χ1) is 17.0. The van der Waals surface area contributed by atoms with Crippen molar-refractivity contribution in [3.05, 3.63) is 65.7 Å². The molecular weight excluding hydrogens is 457 g/mol. The predicted octanol–water partition coefficient (Wildman–Crippen LogP) is 2.63. The monoisotopic (exact) mass is 487 g/mol. The Bertz CT molecular complexity index is 966. The molecule has 2 saturated heterocycles. The molecule has 9 nitrogen and oxygen atoms in total. The van der Waals surface area contributed by atoms with Crippen LogP contribution in [-0.4, -0.2) is 74.5 Å². The molecule has 2 aliphatic rings. The molecule has 0 saturated carbocycles. The van der Waals surface area contributed by atoms with Crippen LogP contribution in [0.5, 0.6) is 0 Å². The number of halogens is 1. The van der Waals surface area contributed by atoms with Gasteiger partial charge in [0.15, 0.2) is 5.78 Å². The fourth-order valence-electron chi connectivity index (χ4n) is 4.62. The number of piperidine rings is 2. The summed E-state index contributed by atoms with van der Waals surface area (Å²) >= 11 is 0. The number of aliphatic hydroxyl groups excluding tert-OH is 1. The summed E-state index contributed by atoms with van der Waals surface area (Å²) in [7, 11) is 0. The largest absolute Gasteiger partial charge is 0.391 e. The Hall–Kier alpha value is -3.07. The minimum Gasteiger partial charge on any atom is -0.391 e. The topological polar surface area (TPSA) is 116 Å². The van der Waals surface area contributed by atoms with E-state index in [2.05, 4.69) is 30.6 Å². The van der Waals surface area contributed by atoms with Gasteiger partial charge in [-0.05, 0) is 68.2 Å². The summed E-state index contributed by atoms with van der Waals surface area (Å²) in [5.74, 6) is -0.241. The third-order valence-electron chi connectivity index (χ3n) is 6.39. The molecule has 3 heterocycles. The summed E-state index contributed by atoms with van der Waals surface area (Å²) in [6, 6.07) is 9.97. The van der Waals surface area contributed by atoms with Crippen LogP contribution in [0, 0.1) is 23.9 Å². The highest BCUT2D eigenvalue weighted by molar-refractivity contribution is 5.97. The van der Waals surface area contributed by atoms with E-state index in [9.17, 15) is 14.3 Å². The first-order valence-corrected chi connectivity index (χ1v) is 11.5. The molecule has 10 heteroatoms. The lowest BCUT2D eigenvalue weighted by Gasteiger charge is -2.44. The molecule has 35 heavy (non-hydrogen) atoms. The van der Waals surface area contributed by atoms with Crippen LogP contribution in [0.4, 0.5) is 4.39 Å². The number of aromatic nitrogens is 1. The van der Waals surface area contributed by atoms with Gasteiger partial charge in [-0.2, -0.15) is 10.5 Å². The smallest absolute Gasteiger partial charge is 0.204 e. The quantitative estimate of drug-likeness (QED) is 0.253. The molecule has 1 aromatic heterocycles. The fourth-order valence-corrected chi connectivity index (χ4v) is 4.62. The number of carbonyl (C=O) groups excluding carboxylic acids is 1. The van der Waals surface area contributed by atoms with Crippen LogP contribution in [0.3, 0.4) is 0 Å². The van der Waals surface area contributed by atoms with E-state index < -0.39 is 0 Å². The molecule has 3 N–H and O–H groups in total. The van der Waals surface area contributed by atoms with Gasteiger partial charge < -0.3 is 5.11 Å². The maximum absolute atomic E-state index is 13.1. The summed E-state index contributed by atoms with van der Waals surface area (Å²) in [5, 5.41) is 25.3. The Labute approximate surface area is 203 Å². The van der Waals surface area contributed by atoms with E-state index in [1.54, 1.807) is 18.3 Å². The van der Waals surface area contributed by atoms with E-state index in [4.69, 9.17) is 10.5 Å². The molecular formula is C25H30FN3O6. The Morgan fingerprint density at radius 2 is 1.74 bits per heavy atom. The molecule has 2 aliphatic heterocycles. The number of rotatable bonds is 5. The SMILES string of the molecule is O=C(c1ccc(F)cc1)C1CCN(C2CN(Cc3cccnc3)CCC2O)CC1.OOC#COO. The Morgan fingerprint density at radius 3 is 2.34 bits per heavy atom. The lowest BCUT2D eigenvalue weighted by molar-refractivity contribution is -0.188. The second-order valence-corrected chi connectivity index (χ2v) is 8.59. The third-order valence-corrected chi connectivity index (χ3v) is 6.39. The number of aliphatic hydroxyl groups is 1. The standard InChI is InChI=1S/C23H28FN3O2.C2H2O4/c24-20-5-3-18(4-6-20)23(29)19-7-12-27(13-8-19)21-16-26(11-9-22(21)28)15-17-2-1-10-25-14-17;3-5-1-2-6-4/h1-6,10,14,19,21-22,28H,7-9,11-13,15-16H2;3-4H. The first-order valence-electron chi connectivity index (χ1n) is 11.5. The molecule has 1 aromatic carbocycles. The zero-order valence-electron chi connectivity index (χ0n) is 19.3. The molecule has 2 aromatic rings. The van der Waals surface area contributed by atoms with Gasteiger partial charge in [-0.3, -0.25) is 29.4 Å². The lowest BCUT2D eigenvalue weighted by atomic mass is 9.87. The van der Waals surface area contributed by atoms with Crippen molar-refractivity contribution in [1.29, 1.82) is 0 Å². The maximum Gasteiger partial charge on any atom is 0.204 e. The maximum atomic E-state index is 13.1. The second-order valence-electron chi connectivity index (χ2n) is 8.59. The molecule has 0 spiro atoms. The number of benzene rings is 1. The van der Waals surface area contributed by atoms with E-state index in [0.717, 1.165) is 52.0 Å². The summed E-state index contributed by atoms with van der Waals surface area (Å²) < 4.78 is 13.1. The van der Waals surface area contributed by atoms with Gasteiger partial charge in [0.1, 0.15) is 5.82 Å². The Morgan fingerprint density at radius 1 is 1.06 bits per heavy atom. The predicted molar refractivity (Wildman–Crippen MR) is 124 cm³/mol. The second kappa shape index (κ2) is 13.7. The number of hydrogen-bond acceptors (Lipinski definition) is 9. The number of ketones is 1. The van der Waals surface area contributed by atoms with Crippen molar-refractivity contribution in [3.8, 4) is 12.2 Å². The van der Waals surface area contributed by atoms with E-state index in [1.807, 2.05) is 12.3 Å². The van der Waals surface area contributed by atoms with Crippen molar-refractivity contribution in [1.82, 2.24) is 14.8 Å². The summed E-state index contributed by atoms with van der Waals surface area (Å²) in [6.07, 6.45) is 8.73. The van der Waals surface area contributed by atoms with Gasteiger partial charge in [-0.25, -0.2) is 4.39 Å². The Balaban J connectivity index is 0.000000509. The number of nitrogens with zero attached hydrogens (tertiary/aromatic N) is 3. The van der Waals surface area contributed by atoms with Gasteiger partial charge in [0, 0.05) is 49.6 Å². The van der Waals surface area contributed by atoms with Crippen LogP contribution < -0.4 is 0 Å². The molecule has 0 amide bonds. The van der Waals surface area contributed by atoms with Crippen LogP contribution in [0.25, 0.3) is 0 Å². The van der Waals surface area contributed by atoms with Crippen LogP contribution in [-0.2, 0) is 16.3 Å². The number of likely N-dealkylation sites (tertiary alicyclic amines) is 2. The van der Waals surface area contributed by atoms with Gasteiger partial charge in [0.25, 0.3) is 0 Å². The van der Waals surface area contributed by atoms with Crippen LogP contribution in [0.2, 0.25) is 0 Å². The number of carbonyl (C=O) groups is 1. The van der Waals surface area contributed by atoms with Gasteiger partial charge in [0.2, 0.25) is 12.2 Å². The van der Waals surface area contributed by atoms with Gasteiger partial charge in [-0.15, -0.1) is 0 Å². The van der Waals surface area contributed by atoms with Crippen molar-refractivity contribution in [2.45, 2.75) is 38.0 Å². The summed E-state index contributed by atoms with van der Waals surface area (Å²) in [6.45, 7) is 4.16. The zero-order valence-corrected chi connectivity index (χ0v) is 19.3. The minimum absolute atomic E-state index is 0.0241. The molecule has 2 unspecified atom stereocenters. The highest BCUT2D eigenvalue weighted by Crippen LogP contribution is 2.26. The van der Waals surface area contributed by atoms with Crippen molar-refractivity contribution in [2.24, 2.45) is 5.92 Å². The number of hydrogen-bond donors (Lipinski definition) is 3. The fraction of sp³-hybridized carbons (Fsp3) is 0.440. The average molecular weight is 488 g/mol. The Kier molecular flexibility index (Phi) is 10.4. The van der Waals surface area contributed by atoms with Crippen molar-refractivity contribution in [3.63, 3.8) is 0 Å². The average Bonchev–Trinajstić information content (AvgIpc) is 2.90. The van der Waals surface area contributed by atoms with E-state index in [0.29, 0.717) is 5.56 Å². The van der Waals surface area contributed by atoms with Gasteiger partial charge >= 0.3 is 0 Å². The van der Waals surface area contributed by atoms with Crippen LogP contribution in [0.1, 0.15) is 35.2 Å². The van der Waals surface area contributed by atoms with Crippen molar-refractivity contribution < 1.29 is 34.6 Å². The van der Waals surface area contributed by atoms with Crippen molar-refractivity contribution in [2.75, 3.05) is 26.2 Å². The van der Waals surface area contributed by atoms with Gasteiger partial charge in [-0.1, -0.05) is 6.07 Å². The van der Waals surface area contributed by atoms with E-state index in [1.165, 1.54) is 29.9 Å². The first kappa shape index (κ1) is 26.5. The third kappa shape index (κ3) is 7.99. The molecule has 2 atom stereocenters. The molecule has 0 radical (unpaired) electrons. The molecule has 2 fully saturated rings. The molecule has 4 rings (SSSR count). The van der Waals surface area contributed by atoms with E-state index >= 15 is 0 Å². The lowest BCUT2D eigenvalue weighted by Crippen LogP contribution is -2.56. The van der Waals surface area contributed by atoms with Gasteiger partial charge in [0.05, 0.1) is 6.10 Å². The highest BCUT2D eigenvalue weighted by Gasteiger charge is 2.35. The highest BCUT2D eigenvalue weighted by atomic mass is 19.1. The summed E-state index contributed by atoms with van der Waals surface area (Å²) in [5.41, 5.74) is 1.77. The molecule has 188 valence electrons. The normalized spacial score (nSPS) is 21.1. The minimum atomic E-state index is -0.329. The summed E-state index contributed by atoms with van der Waals surface area (Å²) in [4.78, 5) is 27.9. The number of pyridine rings is 1. The zero-order chi connectivity index (χ0) is 25.0. The van der Waals surface area contributed by atoms with Crippen molar-refractivity contribution >= 4 is 5.78 Å². The number of Topliss-reactive ketones (excluding diaryl/α,β-unsaturated/α-hetero) is 1. The van der Waals surface area contributed by atoms with Crippen LogP contribution in [0.15, 0.2) is 48.8 Å².